The van der Waals surface area contributed by atoms with Gasteiger partial charge in [-0.15, -0.1) is 0 Å². The first kappa shape index (κ1) is 83.6. The number of rotatable bonds is 47. The third-order valence-corrected chi connectivity index (χ3v) is 13.3. The van der Waals surface area contributed by atoms with Crippen LogP contribution in [0.3, 0.4) is 0 Å². The lowest BCUT2D eigenvalue weighted by Crippen LogP contribution is -2.61. The van der Waals surface area contributed by atoms with Crippen LogP contribution in [0.25, 0.3) is 0 Å². The van der Waals surface area contributed by atoms with Crippen molar-refractivity contribution in [3.05, 3.63) is 0 Å². The smallest absolute Gasteiger partial charge is 0.305 e. The lowest BCUT2D eigenvalue weighted by Gasteiger charge is -2.30. The average molecular weight is 1350 g/mol. The van der Waals surface area contributed by atoms with Crippen molar-refractivity contribution < 1.29 is 147 Å². The highest BCUT2D eigenvalue weighted by Gasteiger charge is 2.40. The molecule has 21 N–H and O–H groups in total. The van der Waals surface area contributed by atoms with Crippen molar-refractivity contribution in [2.45, 2.75) is 204 Å². The standard InChI is InChI=1S/C54H80N10O30/c1-53(2,3)43(85)24(6-13-33(65)66)56-45(87)25(7-14-34(67)68)57-48(90)29(11-18-38(75)76)62-52(94)32(22-42(83)84)64-50(92)30(12-19-39(77)78)60-47(89)27(9-16-36(71)72)58-46(88)26(8-15-35(69)70)59-49(91)28(10-17-37(73)74)61-51(93)31(21-41(81)82)63-44(86)23(20-40(79)80)54(4,5)55/h23-32H,6-22,55H2,1-5H3,(H,56,87)(H,57,90)(H,58,88)(H,59,91)(H,60,89)(H,61,93)(H,62,94)(H,63,86)(H,64,92)(H,65,66)(H,67,68)(H,69,70)(H,71,72)(H,73,74)(H,75,76)(H,77,78)(H,79,80)(H,81,82)(H,83,84). The molecule has 0 fully saturated rings. The van der Waals surface area contributed by atoms with E-state index >= 15 is 0 Å². The number of carboxylic acids is 10. The number of hydrogen-bond donors (Lipinski definition) is 20. The molecule has 0 bridgehead atoms. The fraction of sp³-hybridized carbons (Fsp3) is 0.630. The second-order valence-corrected chi connectivity index (χ2v) is 22.9. The molecule has 526 valence electrons. The molecule has 0 radical (unpaired) electrons. The fourth-order valence-corrected chi connectivity index (χ4v) is 8.37. The van der Waals surface area contributed by atoms with Crippen LogP contribution in [0, 0.1) is 11.3 Å². The van der Waals surface area contributed by atoms with Crippen molar-refractivity contribution in [2.24, 2.45) is 17.1 Å². The zero-order chi connectivity index (χ0) is 72.7. The van der Waals surface area contributed by atoms with Crippen molar-refractivity contribution in [2.75, 3.05) is 0 Å². The number of aliphatic carboxylic acids is 10. The number of nitrogens with one attached hydrogen (secondary N) is 9. The van der Waals surface area contributed by atoms with Gasteiger partial charge in [0.1, 0.15) is 48.3 Å². The molecule has 0 aliphatic carbocycles. The summed E-state index contributed by atoms with van der Waals surface area (Å²) in [4.78, 5) is 255. The Hall–Kier alpha value is -10.4. The second-order valence-electron chi connectivity index (χ2n) is 22.9. The number of nitrogens with two attached hydrogens (primary N) is 1. The predicted molar refractivity (Wildman–Crippen MR) is 308 cm³/mol. The maximum atomic E-state index is 14.1. The van der Waals surface area contributed by atoms with Crippen LogP contribution in [0.2, 0.25) is 0 Å². The number of hydrogen-bond acceptors (Lipinski definition) is 21. The van der Waals surface area contributed by atoms with Gasteiger partial charge >= 0.3 is 59.7 Å². The van der Waals surface area contributed by atoms with E-state index in [1.165, 1.54) is 34.6 Å². The summed E-state index contributed by atoms with van der Waals surface area (Å²) in [5.74, 6) is -31.9. The van der Waals surface area contributed by atoms with Crippen molar-refractivity contribution >= 4 is 119 Å². The summed E-state index contributed by atoms with van der Waals surface area (Å²) >= 11 is 0. The quantitative estimate of drug-likeness (QED) is 0.0271. The highest BCUT2D eigenvalue weighted by Crippen LogP contribution is 2.21. The van der Waals surface area contributed by atoms with E-state index in [2.05, 4.69) is 10.6 Å². The second kappa shape index (κ2) is 39.7. The molecule has 0 saturated carbocycles. The van der Waals surface area contributed by atoms with Crippen LogP contribution >= 0.6 is 0 Å². The highest BCUT2D eigenvalue weighted by atomic mass is 16.4. The van der Waals surface area contributed by atoms with Crippen LogP contribution in [-0.4, -0.2) is 230 Å². The van der Waals surface area contributed by atoms with Gasteiger partial charge in [0.05, 0.1) is 31.2 Å². The first-order chi connectivity index (χ1) is 43.2. The van der Waals surface area contributed by atoms with Gasteiger partial charge in [-0.3, -0.25) is 95.9 Å². The van der Waals surface area contributed by atoms with Gasteiger partial charge in [-0.25, -0.2) is 0 Å². The van der Waals surface area contributed by atoms with E-state index in [4.69, 9.17) is 5.73 Å². The topological polar surface area (TPSA) is 678 Å². The number of ketones is 1. The van der Waals surface area contributed by atoms with E-state index in [9.17, 15) is 147 Å². The monoisotopic (exact) mass is 1350 g/mol. The van der Waals surface area contributed by atoms with Crippen LogP contribution in [0.5, 0.6) is 0 Å². The minimum Gasteiger partial charge on any atom is -0.481 e. The van der Waals surface area contributed by atoms with Gasteiger partial charge in [-0.1, -0.05) is 20.8 Å². The molecule has 0 aromatic carbocycles. The Morgan fingerprint density at radius 2 is 0.426 bits per heavy atom. The van der Waals surface area contributed by atoms with E-state index < -0.39 is 299 Å². The highest BCUT2D eigenvalue weighted by molar-refractivity contribution is 6.01. The lowest BCUT2D eigenvalue weighted by atomic mass is 9.84. The SMILES string of the molecule is CC(C)(C)C(=O)C(CCC(=O)O)NC(=O)C(CCC(=O)O)NC(=O)C(CCC(=O)O)NC(=O)C(CC(=O)O)NC(=O)C(CCC(=O)O)NC(=O)C(CCC(=O)O)NC(=O)C(CCC(=O)O)NC(=O)C(CCC(=O)O)NC(=O)C(CC(=O)O)NC(=O)C(CC(=O)O)C(C)(C)N. The Kier molecular flexibility index (Phi) is 35.3. The summed E-state index contributed by atoms with van der Waals surface area (Å²) in [6, 6.07) is -18.7. The third kappa shape index (κ3) is 34.1. The van der Waals surface area contributed by atoms with Gasteiger partial charge in [-0.2, -0.15) is 0 Å². The molecule has 0 aliphatic rings. The van der Waals surface area contributed by atoms with Crippen molar-refractivity contribution in [1.82, 2.24) is 47.9 Å². The van der Waals surface area contributed by atoms with Gasteiger partial charge in [0.2, 0.25) is 53.2 Å². The van der Waals surface area contributed by atoms with E-state index in [0.29, 0.717) is 0 Å². The Labute approximate surface area is 533 Å². The normalized spacial score (nSPS) is 14.4. The minimum atomic E-state index is -2.37. The molecule has 10 unspecified atom stereocenters. The van der Waals surface area contributed by atoms with E-state index in [-0.39, 0.29) is 0 Å². The molecular formula is C54H80N10O30. The number of carbonyl (C=O) groups excluding carboxylic acids is 10. The van der Waals surface area contributed by atoms with Crippen LogP contribution in [0.4, 0.5) is 0 Å². The van der Waals surface area contributed by atoms with Gasteiger partial charge in [-0.05, 0) is 58.8 Å². The summed E-state index contributed by atoms with van der Waals surface area (Å²) in [6.45, 7) is 6.75. The third-order valence-electron chi connectivity index (χ3n) is 13.3. The Morgan fingerprint density at radius 1 is 0.255 bits per heavy atom. The Morgan fingerprint density at radius 3 is 0.606 bits per heavy atom. The molecule has 0 saturated heterocycles. The molecule has 0 aromatic rings. The van der Waals surface area contributed by atoms with Crippen LogP contribution < -0.4 is 53.6 Å². The van der Waals surface area contributed by atoms with Gasteiger partial charge < -0.3 is 105 Å². The molecule has 40 heteroatoms. The molecular weight excluding hydrogens is 1270 g/mol. The zero-order valence-corrected chi connectivity index (χ0v) is 51.5. The van der Waals surface area contributed by atoms with Gasteiger partial charge in [0.25, 0.3) is 0 Å². The van der Waals surface area contributed by atoms with Gasteiger partial charge in [0.15, 0.2) is 5.78 Å². The van der Waals surface area contributed by atoms with Crippen LogP contribution in [-0.2, 0) is 95.9 Å². The molecule has 94 heavy (non-hydrogen) atoms. The van der Waals surface area contributed by atoms with Crippen molar-refractivity contribution in [3.63, 3.8) is 0 Å². The molecule has 0 heterocycles. The van der Waals surface area contributed by atoms with Crippen LogP contribution in [0.1, 0.15) is 144 Å². The summed E-state index contributed by atoms with van der Waals surface area (Å²) in [7, 11) is 0. The molecule has 0 aromatic heterocycles. The molecule has 0 rings (SSSR count). The molecule has 40 nitrogen and oxygen atoms in total. The first-order valence-corrected chi connectivity index (χ1v) is 28.5. The summed E-state index contributed by atoms with van der Waals surface area (Å²) in [5.41, 5.74) is 3.15. The summed E-state index contributed by atoms with van der Waals surface area (Å²) < 4.78 is 0. The average Bonchev–Trinajstić information content (AvgIpc) is 0.865. The van der Waals surface area contributed by atoms with Gasteiger partial charge in [0, 0.05) is 55.9 Å². The Balaban J connectivity index is 7.34. The number of carbonyl (C=O) groups is 20. The minimum absolute atomic E-state index is 0.483. The Bertz CT molecular complexity index is 2870. The van der Waals surface area contributed by atoms with Crippen molar-refractivity contribution in [3.8, 4) is 0 Å². The lowest BCUT2D eigenvalue weighted by molar-refractivity contribution is -0.144. The number of Topliss-reactive ketones (excluding diaryl/α,β-unsaturated/α-hetero) is 1. The fourth-order valence-electron chi connectivity index (χ4n) is 8.37. The summed E-state index contributed by atoms with van der Waals surface area (Å²) in [6.07, 6.45) is -16.0. The largest absolute Gasteiger partial charge is 0.481 e. The van der Waals surface area contributed by atoms with E-state index in [1.54, 1.807) is 0 Å². The van der Waals surface area contributed by atoms with E-state index in [0.717, 1.165) is 0 Å². The van der Waals surface area contributed by atoms with Crippen molar-refractivity contribution in [1.29, 1.82) is 0 Å². The number of carboxylic acid groups (broad SMARTS) is 10. The maximum absolute atomic E-state index is 14.1. The maximum Gasteiger partial charge on any atom is 0.305 e. The summed E-state index contributed by atoms with van der Waals surface area (Å²) in [5, 5.41) is 113. The molecule has 0 aliphatic heterocycles. The molecule has 9 amide bonds. The first-order valence-electron chi connectivity index (χ1n) is 28.5. The van der Waals surface area contributed by atoms with E-state index in [1.807, 2.05) is 37.2 Å². The predicted octanol–water partition coefficient (Wildman–Crippen LogP) is -5.20. The molecule has 10 atom stereocenters. The van der Waals surface area contributed by atoms with Crippen LogP contribution in [0.15, 0.2) is 0 Å². The molecule has 0 spiro atoms. The number of amides is 9. The zero-order valence-electron chi connectivity index (χ0n) is 51.5.